The number of aromatic nitrogens is 3. The van der Waals surface area contributed by atoms with Crippen LogP contribution in [-0.2, 0) is 4.79 Å². The highest BCUT2D eigenvalue weighted by molar-refractivity contribution is 7.99. The summed E-state index contributed by atoms with van der Waals surface area (Å²) in [6.07, 6.45) is 1.39. The SMILES string of the molecule is COc1ccc(-c2[nH]nc(SCC(=O)NN=Cc3c([O-])ccc4ccccc34)[n+]2-c2ccc(Cl)cc2)cc1. The Morgan fingerprint density at radius 1 is 1.11 bits per heavy atom. The van der Waals surface area contributed by atoms with E-state index in [-0.39, 0.29) is 17.4 Å². The molecule has 0 unspecified atom stereocenters. The number of methoxy groups -OCH3 is 1. The van der Waals surface area contributed by atoms with E-state index >= 15 is 0 Å². The molecule has 38 heavy (non-hydrogen) atoms. The van der Waals surface area contributed by atoms with Crippen LogP contribution in [-0.4, -0.2) is 35.2 Å². The van der Waals surface area contributed by atoms with Gasteiger partial charge in [0, 0.05) is 5.02 Å². The molecule has 190 valence electrons. The van der Waals surface area contributed by atoms with E-state index in [0.29, 0.717) is 15.7 Å². The first-order chi connectivity index (χ1) is 18.5. The second kappa shape index (κ2) is 11.4. The normalized spacial score (nSPS) is 11.2. The monoisotopic (exact) mass is 543 g/mol. The zero-order valence-electron chi connectivity index (χ0n) is 20.2. The van der Waals surface area contributed by atoms with Crippen LogP contribution in [0.4, 0.5) is 0 Å². The van der Waals surface area contributed by atoms with Crippen LogP contribution in [0.15, 0.2) is 95.2 Å². The van der Waals surface area contributed by atoms with Gasteiger partial charge in [-0.1, -0.05) is 53.7 Å². The van der Waals surface area contributed by atoms with Gasteiger partial charge in [-0.25, -0.2) is 5.43 Å². The first-order valence-electron chi connectivity index (χ1n) is 11.6. The Morgan fingerprint density at radius 3 is 2.63 bits per heavy atom. The molecule has 8 nitrogen and oxygen atoms in total. The van der Waals surface area contributed by atoms with Gasteiger partial charge >= 0.3 is 5.16 Å². The number of thioether (sulfide) groups is 1. The third kappa shape index (κ3) is 5.49. The van der Waals surface area contributed by atoms with Crippen LogP contribution in [0.2, 0.25) is 5.02 Å². The number of ether oxygens (including phenoxy) is 1. The summed E-state index contributed by atoms with van der Waals surface area (Å²) in [7, 11) is 1.62. The Morgan fingerprint density at radius 2 is 1.87 bits per heavy atom. The highest BCUT2D eigenvalue weighted by Gasteiger charge is 2.24. The summed E-state index contributed by atoms with van der Waals surface area (Å²) in [5.74, 6) is 1.02. The Balaban J connectivity index is 1.34. The van der Waals surface area contributed by atoms with Crippen molar-refractivity contribution in [2.75, 3.05) is 12.9 Å². The molecule has 0 saturated heterocycles. The van der Waals surface area contributed by atoms with Gasteiger partial charge in [-0.2, -0.15) is 9.67 Å². The van der Waals surface area contributed by atoms with Crippen molar-refractivity contribution >= 4 is 46.3 Å². The van der Waals surface area contributed by atoms with E-state index in [9.17, 15) is 9.90 Å². The van der Waals surface area contributed by atoms with Gasteiger partial charge in [0.05, 0.1) is 29.7 Å². The van der Waals surface area contributed by atoms with Gasteiger partial charge in [-0.15, -0.1) is 5.10 Å². The molecule has 0 bridgehead atoms. The second-order valence-electron chi connectivity index (χ2n) is 8.18. The largest absolute Gasteiger partial charge is 0.872 e. The van der Waals surface area contributed by atoms with E-state index in [1.54, 1.807) is 25.3 Å². The number of benzene rings is 4. The number of hydrogen-bond acceptors (Lipinski definition) is 6. The molecule has 0 saturated carbocycles. The number of halogens is 1. The average molecular weight is 544 g/mol. The van der Waals surface area contributed by atoms with Crippen molar-refractivity contribution < 1.29 is 19.2 Å². The third-order valence-electron chi connectivity index (χ3n) is 5.77. The van der Waals surface area contributed by atoms with Crippen LogP contribution in [0.1, 0.15) is 5.56 Å². The lowest BCUT2D eigenvalue weighted by Gasteiger charge is -2.12. The Bertz CT molecular complexity index is 1620. The number of amides is 1. The minimum Gasteiger partial charge on any atom is -0.872 e. The van der Waals surface area contributed by atoms with Gasteiger partial charge in [-0.05, 0) is 76.6 Å². The highest BCUT2D eigenvalue weighted by atomic mass is 35.5. The Kier molecular flexibility index (Phi) is 7.57. The summed E-state index contributed by atoms with van der Waals surface area (Å²) >= 11 is 7.35. The van der Waals surface area contributed by atoms with Gasteiger partial charge < -0.3 is 9.84 Å². The fourth-order valence-electron chi connectivity index (χ4n) is 3.91. The molecular weight excluding hydrogens is 522 g/mol. The minimum atomic E-state index is -0.337. The van der Waals surface area contributed by atoms with E-state index < -0.39 is 0 Å². The number of hydrazone groups is 1. The summed E-state index contributed by atoms with van der Waals surface area (Å²) in [5, 5.41) is 26.8. The van der Waals surface area contributed by atoms with E-state index in [4.69, 9.17) is 16.3 Å². The molecule has 2 N–H and O–H groups in total. The summed E-state index contributed by atoms with van der Waals surface area (Å²) in [5.41, 5.74) is 4.64. The Labute approximate surface area is 227 Å². The van der Waals surface area contributed by atoms with Gasteiger partial charge in [-0.3, -0.25) is 4.79 Å². The van der Waals surface area contributed by atoms with Crippen molar-refractivity contribution in [3.05, 3.63) is 95.5 Å². The summed E-state index contributed by atoms with van der Waals surface area (Å²) in [4.78, 5) is 12.6. The number of hydrogen-bond donors (Lipinski definition) is 2. The first kappa shape index (κ1) is 25.3. The van der Waals surface area contributed by atoms with Crippen molar-refractivity contribution in [1.29, 1.82) is 0 Å². The van der Waals surface area contributed by atoms with Crippen molar-refractivity contribution in [1.82, 2.24) is 15.6 Å². The van der Waals surface area contributed by atoms with E-state index in [2.05, 4.69) is 20.7 Å². The molecule has 4 aromatic carbocycles. The summed E-state index contributed by atoms with van der Waals surface area (Å²) in [6, 6.07) is 25.7. The third-order valence-corrected chi connectivity index (χ3v) is 6.96. The molecule has 0 atom stereocenters. The highest BCUT2D eigenvalue weighted by Crippen LogP contribution is 2.24. The van der Waals surface area contributed by atoms with E-state index in [1.165, 1.54) is 24.0 Å². The van der Waals surface area contributed by atoms with Crippen molar-refractivity contribution in [3.8, 4) is 28.6 Å². The summed E-state index contributed by atoms with van der Waals surface area (Å²) < 4.78 is 7.18. The van der Waals surface area contributed by atoms with Crippen LogP contribution in [0, 0.1) is 0 Å². The van der Waals surface area contributed by atoms with Crippen LogP contribution >= 0.6 is 23.4 Å². The standard InChI is InChI=1S/C28H22ClN5O3S/c1-37-22-13-6-19(7-14-22)27-32-33-28(34(27)21-11-9-20(29)10-12-21)38-17-26(36)31-30-16-24-23-5-3-2-4-18(23)8-15-25(24)35/h2-16H,17H2,1H3,(H2,30,31,35,36). The van der Waals surface area contributed by atoms with E-state index in [0.717, 1.165) is 33.6 Å². The molecular formula is C28H22ClN5O3S. The number of H-pyrrole nitrogens is 1. The number of rotatable bonds is 8. The molecule has 1 heterocycles. The van der Waals surface area contributed by atoms with Gasteiger partial charge in [0.2, 0.25) is 0 Å². The molecule has 1 aromatic heterocycles. The number of nitrogens with zero attached hydrogens (tertiary/aromatic N) is 3. The number of fused-ring (bicyclic) bond motifs is 1. The van der Waals surface area contributed by atoms with Crippen LogP contribution < -0.4 is 19.8 Å². The van der Waals surface area contributed by atoms with Crippen molar-refractivity contribution in [3.63, 3.8) is 0 Å². The molecule has 0 aliphatic heterocycles. The lowest BCUT2D eigenvalue weighted by molar-refractivity contribution is -0.625. The van der Waals surface area contributed by atoms with Crippen LogP contribution in [0.3, 0.4) is 0 Å². The fraction of sp³-hybridized carbons (Fsp3) is 0.0714. The number of carbonyl (C=O) groups excluding carboxylic acids is 1. The lowest BCUT2D eigenvalue weighted by atomic mass is 10.0. The molecule has 0 spiro atoms. The number of carbonyl (C=O) groups is 1. The van der Waals surface area contributed by atoms with Crippen molar-refractivity contribution in [2.24, 2.45) is 5.10 Å². The molecule has 1 amide bonds. The van der Waals surface area contributed by atoms with Crippen molar-refractivity contribution in [2.45, 2.75) is 5.16 Å². The zero-order valence-corrected chi connectivity index (χ0v) is 21.8. The molecule has 0 fully saturated rings. The molecule has 10 heteroatoms. The average Bonchev–Trinajstić information content (AvgIpc) is 3.37. The maximum Gasteiger partial charge on any atom is 0.342 e. The van der Waals surface area contributed by atoms with Crippen LogP contribution in [0.5, 0.6) is 11.5 Å². The maximum atomic E-state index is 12.6. The minimum absolute atomic E-state index is 0.0532. The second-order valence-corrected chi connectivity index (χ2v) is 9.55. The van der Waals surface area contributed by atoms with Gasteiger partial charge in [0.25, 0.3) is 11.7 Å². The maximum absolute atomic E-state index is 12.6. The quantitative estimate of drug-likeness (QED) is 0.130. The number of nitrogens with one attached hydrogen (secondary N) is 2. The van der Waals surface area contributed by atoms with Gasteiger partial charge in [0.15, 0.2) is 0 Å². The molecule has 5 aromatic rings. The van der Waals surface area contributed by atoms with E-state index in [1.807, 2.05) is 65.2 Å². The number of aromatic amines is 1. The molecule has 0 aliphatic carbocycles. The van der Waals surface area contributed by atoms with Crippen LogP contribution in [0.25, 0.3) is 27.8 Å². The molecule has 5 rings (SSSR count). The van der Waals surface area contributed by atoms with Gasteiger partial charge in [0.1, 0.15) is 11.4 Å². The molecule has 0 aliphatic rings. The fourth-order valence-corrected chi connectivity index (χ4v) is 4.79. The predicted octanol–water partition coefficient (Wildman–Crippen LogP) is 4.48. The topological polar surface area (TPSA) is 106 Å². The smallest absolute Gasteiger partial charge is 0.342 e. The molecule has 0 radical (unpaired) electrons. The zero-order chi connectivity index (χ0) is 26.5. The Hall–Kier alpha value is -4.34. The lowest BCUT2D eigenvalue weighted by Crippen LogP contribution is -2.34. The predicted molar refractivity (Wildman–Crippen MR) is 147 cm³/mol. The first-order valence-corrected chi connectivity index (χ1v) is 12.9. The summed E-state index contributed by atoms with van der Waals surface area (Å²) in [6.45, 7) is 0.